The van der Waals surface area contributed by atoms with Crippen LogP contribution in [0.2, 0.25) is 0 Å². The predicted molar refractivity (Wildman–Crippen MR) is 32.2 cm³/mol. The van der Waals surface area contributed by atoms with Gasteiger partial charge in [0.2, 0.25) is 0 Å². The van der Waals surface area contributed by atoms with Gasteiger partial charge in [0.1, 0.15) is 0 Å². The van der Waals surface area contributed by atoms with Crippen LogP contribution in [0.5, 0.6) is 0 Å². The van der Waals surface area contributed by atoms with Gasteiger partial charge in [-0.1, -0.05) is 0 Å². The van der Waals surface area contributed by atoms with E-state index in [1.165, 1.54) is 0 Å². The number of hydrogen-bond acceptors (Lipinski definition) is 15. The molecule has 0 saturated carbocycles. The maximum Gasteiger partial charge on any atom is 5.00 e. The van der Waals surface area contributed by atoms with Gasteiger partial charge in [-0.15, -0.1) is 0 Å². The largest absolute Gasteiger partial charge is 5.00 e. The summed E-state index contributed by atoms with van der Waals surface area (Å²) in [5.41, 5.74) is 0. The molecule has 0 aromatic rings. The van der Waals surface area contributed by atoms with Crippen LogP contribution >= 0.6 is 0 Å². The second kappa shape index (κ2) is 43.2. The van der Waals surface area contributed by atoms with E-state index in [4.69, 9.17) is 70.3 Å². The Morgan fingerprint density at radius 2 is 0.348 bits per heavy atom. The van der Waals surface area contributed by atoms with Gasteiger partial charge in [0.25, 0.3) is 0 Å². The van der Waals surface area contributed by atoms with Crippen LogP contribution < -0.4 is 48.0 Å². The fourth-order valence-electron chi connectivity index (χ4n) is 0. The van der Waals surface area contributed by atoms with E-state index in [0.29, 0.717) is 0 Å². The first kappa shape index (κ1) is 49.5. The summed E-state index contributed by atoms with van der Waals surface area (Å²) >= 11 is 0. The normalized spacial score (nSPS) is 5.22. The molecule has 0 spiro atoms. The van der Waals surface area contributed by atoms with Crippen molar-refractivity contribution < 1.29 is 134 Å². The quantitative estimate of drug-likeness (QED) is 0.243. The van der Waals surface area contributed by atoms with Crippen LogP contribution in [0, 0.1) is 0 Å². The molecule has 0 amide bonds. The average molecular weight is 574 g/mol. The Morgan fingerprint density at radius 1 is 0.348 bits per heavy atom. The van der Waals surface area contributed by atoms with Gasteiger partial charge < -0.3 is 70.3 Å². The summed E-state index contributed by atoms with van der Waals surface area (Å²) in [5.74, 6) is 0. The minimum absolute atomic E-state index is 0. The summed E-state index contributed by atoms with van der Waals surface area (Å²) in [6, 6.07) is 0. The summed E-state index contributed by atoms with van der Waals surface area (Å²) in [6.07, 6.45) is 0. The van der Waals surface area contributed by atoms with Gasteiger partial charge in [-0.25, -0.2) is 0 Å². The fourth-order valence-corrected chi connectivity index (χ4v) is 0. The summed E-state index contributed by atoms with van der Waals surface area (Å²) in [7, 11) is -18.1. The van der Waals surface area contributed by atoms with Gasteiger partial charge in [-0.3, -0.25) is 0 Å². The summed E-state index contributed by atoms with van der Waals surface area (Å²) in [4.78, 5) is 85.2. The molecule has 0 saturated heterocycles. The standard InChI is InChI=1S/5O3Si.2V.Zr/c5*1-4(2)3;;;/q5*-2;2*+5;. The molecule has 0 fully saturated rings. The van der Waals surface area contributed by atoms with Crippen molar-refractivity contribution in [1.82, 2.24) is 0 Å². The Balaban J connectivity index is -0.0000000197. The van der Waals surface area contributed by atoms with E-state index in [1.807, 2.05) is 0 Å². The second-order valence-electron chi connectivity index (χ2n) is 1.25. The number of hydrogen-bond donors (Lipinski definition) is 0. The van der Waals surface area contributed by atoms with E-state index < -0.39 is 45.9 Å². The topological polar surface area (TPSA) is 316 Å². The molecule has 0 N–H and O–H groups in total. The van der Waals surface area contributed by atoms with Crippen molar-refractivity contribution in [1.29, 1.82) is 0 Å². The first-order valence-corrected chi connectivity index (χ1v) is 9.19. The molecule has 0 aliphatic heterocycles. The SMILES string of the molecule is O=[Si]([O-])[O-].O=[Si]([O-])[O-].O=[Si]([O-])[O-].O=[Si]([O-])[O-].O=[Si]([O-])[O-].[V+5].[V+5].[Zr]. The van der Waals surface area contributed by atoms with Crippen LogP contribution in [0.3, 0.4) is 0 Å². The molecule has 0 bridgehead atoms. The van der Waals surface area contributed by atoms with Crippen molar-refractivity contribution >= 4 is 45.9 Å². The van der Waals surface area contributed by atoms with Gasteiger partial charge in [0.05, 0.1) is 0 Å². The van der Waals surface area contributed by atoms with Crippen molar-refractivity contribution in [2.45, 2.75) is 0 Å². The molecule has 0 aromatic heterocycles. The van der Waals surface area contributed by atoms with Crippen molar-refractivity contribution in [3.63, 3.8) is 0 Å². The number of rotatable bonds is 0. The van der Waals surface area contributed by atoms with Crippen LogP contribution in [0.15, 0.2) is 0 Å². The van der Waals surface area contributed by atoms with Gasteiger partial charge in [0, 0.05) is 72.1 Å². The summed E-state index contributed by atoms with van der Waals surface area (Å²) in [5, 5.41) is 0. The molecular formula is O15Si5V2Zr. The first-order valence-electron chi connectivity index (χ1n) is 3.06. The Labute approximate surface area is 178 Å². The van der Waals surface area contributed by atoms with Crippen LogP contribution in [0.25, 0.3) is 0 Å². The Hall–Kier alpha value is 0.136. The van der Waals surface area contributed by atoms with E-state index in [-0.39, 0.29) is 63.3 Å². The van der Waals surface area contributed by atoms with Crippen molar-refractivity contribution in [2.75, 3.05) is 0 Å². The molecule has 0 radical (unpaired) electrons. The predicted octanol–water partition coefficient (Wildman–Crippen LogP) is -14.4. The van der Waals surface area contributed by atoms with Gasteiger partial charge in [0.15, 0.2) is 0 Å². The fraction of sp³-hybridized carbons (Fsp3) is 0. The third-order valence-corrected chi connectivity index (χ3v) is 0. The molecule has 15 nitrogen and oxygen atoms in total. The van der Waals surface area contributed by atoms with Crippen molar-refractivity contribution in [2.24, 2.45) is 0 Å². The van der Waals surface area contributed by atoms with Gasteiger partial charge in [-0.05, 0) is 0 Å². The molecule has 0 aromatic carbocycles. The average Bonchev–Trinajstić information content (AvgIpc) is 1.94. The molecule has 0 unspecified atom stereocenters. The van der Waals surface area contributed by atoms with Gasteiger partial charge >= 0.3 is 37.1 Å². The zero-order valence-electron chi connectivity index (χ0n) is 10.0. The third-order valence-electron chi connectivity index (χ3n) is 0. The Bertz CT molecular complexity index is 217. The zero-order valence-corrected chi connectivity index (χ0v) is 20.3. The Kier molecular flexibility index (Phi) is 92.9. The minimum Gasteiger partial charge on any atom is -0.672 e. The molecule has 124 valence electrons. The molecule has 0 atom stereocenters. The Morgan fingerprint density at radius 3 is 0.348 bits per heavy atom. The smallest absolute Gasteiger partial charge is 0.672 e. The van der Waals surface area contributed by atoms with E-state index in [2.05, 4.69) is 0 Å². The second-order valence-corrected chi connectivity index (χ2v) is 3.75. The maximum absolute atomic E-state index is 8.52. The molecular weight excluding hydrogens is 574 g/mol. The monoisotopic (exact) mass is 572 g/mol. The van der Waals surface area contributed by atoms with Crippen molar-refractivity contribution in [3.8, 4) is 0 Å². The van der Waals surface area contributed by atoms with Crippen LogP contribution in [-0.2, 0) is 85.6 Å². The zero-order chi connectivity index (χ0) is 17.9. The molecule has 0 rings (SSSR count). The van der Waals surface area contributed by atoms with E-state index in [1.54, 1.807) is 0 Å². The summed E-state index contributed by atoms with van der Waals surface area (Å²) < 4.78 is 42.6. The molecule has 0 aliphatic carbocycles. The van der Waals surface area contributed by atoms with Crippen molar-refractivity contribution in [3.05, 3.63) is 0 Å². The van der Waals surface area contributed by atoms with Gasteiger partial charge in [-0.2, -0.15) is 0 Å². The maximum atomic E-state index is 8.52. The molecule has 23 heteroatoms. The minimum atomic E-state index is -3.63. The van der Waals surface area contributed by atoms with E-state index in [9.17, 15) is 0 Å². The van der Waals surface area contributed by atoms with Crippen LogP contribution in [-0.4, -0.2) is 45.9 Å². The molecule has 0 aliphatic rings. The summed E-state index contributed by atoms with van der Waals surface area (Å²) in [6.45, 7) is 0. The molecule has 0 heterocycles. The van der Waals surface area contributed by atoms with E-state index >= 15 is 0 Å². The third kappa shape index (κ3) is 483000. The van der Waals surface area contributed by atoms with Crippen LogP contribution in [0.1, 0.15) is 0 Å². The van der Waals surface area contributed by atoms with E-state index in [0.717, 1.165) is 0 Å². The molecule has 23 heavy (non-hydrogen) atoms. The first-order chi connectivity index (χ1) is 8.66. The van der Waals surface area contributed by atoms with Crippen LogP contribution in [0.4, 0.5) is 0 Å².